The summed E-state index contributed by atoms with van der Waals surface area (Å²) in [7, 11) is 1.53. The molecule has 2 amide bonds. The smallest absolute Gasteiger partial charge is 0.268 e. The SMILES string of the molecule is COc1ccc(C=C(NC(=O)c2ccc(C)cc2)C(=O)NCC(=O)[O-])cc1. The lowest BCUT2D eigenvalue weighted by Crippen LogP contribution is -2.41. The maximum atomic E-state index is 12.4. The van der Waals surface area contributed by atoms with Crippen molar-refractivity contribution in [3.8, 4) is 5.75 Å². The molecular formula is C20H19N2O5-. The number of nitrogens with one attached hydrogen (secondary N) is 2. The minimum absolute atomic E-state index is 0.0907. The van der Waals surface area contributed by atoms with E-state index in [0.717, 1.165) is 5.56 Å². The molecule has 2 rings (SSSR count). The molecule has 0 fully saturated rings. The summed E-state index contributed by atoms with van der Waals surface area (Å²) in [5.41, 5.74) is 1.90. The molecule has 27 heavy (non-hydrogen) atoms. The van der Waals surface area contributed by atoms with Crippen molar-refractivity contribution in [1.82, 2.24) is 10.6 Å². The number of rotatable bonds is 7. The molecule has 0 radical (unpaired) electrons. The zero-order valence-corrected chi connectivity index (χ0v) is 14.9. The highest BCUT2D eigenvalue weighted by Gasteiger charge is 2.14. The summed E-state index contributed by atoms with van der Waals surface area (Å²) in [5, 5.41) is 15.3. The molecule has 2 N–H and O–H groups in total. The fourth-order valence-electron chi connectivity index (χ4n) is 2.17. The van der Waals surface area contributed by atoms with Crippen LogP contribution in [0, 0.1) is 6.92 Å². The van der Waals surface area contributed by atoms with Crippen molar-refractivity contribution in [3.63, 3.8) is 0 Å². The predicted octanol–water partition coefficient (Wildman–Crippen LogP) is 0.641. The van der Waals surface area contributed by atoms with Crippen LogP contribution in [0.5, 0.6) is 5.75 Å². The molecule has 0 aliphatic rings. The fourth-order valence-corrected chi connectivity index (χ4v) is 2.17. The Kier molecular flexibility index (Phi) is 6.71. The Balaban J connectivity index is 2.26. The molecule has 0 aliphatic heterocycles. The van der Waals surface area contributed by atoms with Crippen LogP contribution in [0.2, 0.25) is 0 Å². The van der Waals surface area contributed by atoms with E-state index in [1.54, 1.807) is 48.5 Å². The van der Waals surface area contributed by atoms with E-state index in [4.69, 9.17) is 4.74 Å². The van der Waals surface area contributed by atoms with Gasteiger partial charge in [-0.3, -0.25) is 9.59 Å². The minimum atomic E-state index is -1.43. The van der Waals surface area contributed by atoms with E-state index in [9.17, 15) is 19.5 Å². The third-order valence-corrected chi connectivity index (χ3v) is 3.63. The van der Waals surface area contributed by atoms with Crippen molar-refractivity contribution < 1.29 is 24.2 Å². The largest absolute Gasteiger partial charge is 0.548 e. The molecule has 7 nitrogen and oxygen atoms in total. The van der Waals surface area contributed by atoms with Gasteiger partial charge in [-0.1, -0.05) is 29.8 Å². The minimum Gasteiger partial charge on any atom is -0.548 e. The second-order valence-electron chi connectivity index (χ2n) is 5.71. The standard InChI is InChI=1S/C20H20N2O5/c1-13-3-7-15(8-4-13)19(25)22-17(20(26)21-12-18(23)24)11-14-5-9-16(27-2)10-6-14/h3-11H,12H2,1-2H3,(H,21,26)(H,22,25)(H,23,24)/p-1. The van der Waals surface area contributed by atoms with Gasteiger partial charge < -0.3 is 25.3 Å². The van der Waals surface area contributed by atoms with Gasteiger partial charge in [0.1, 0.15) is 11.4 Å². The summed E-state index contributed by atoms with van der Waals surface area (Å²) in [6, 6.07) is 13.6. The van der Waals surface area contributed by atoms with Crippen molar-refractivity contribution in [3.05, 3.63) is 70.9 Å². The third-order valence-electron chi connectivity index (χ3n) is 3.63. The summed E-state index contributed by atoms with van der Waals surface area (Å²) in [4.78, 5) is 35.3. The van der Waals surface area contributed by atoms with Crippen LogP contribution in [0.25, 0.3) is 6.08 Å². The van der Waals surface area contributed by atoms with Crippen LogP contribution >= 0.6 is 0 Å². The van der Waals surface area contributed by atoms with Gasteiger partial charge in [-0.15, -0.1) is 0 Å². The summed E-state index contributed by atoms with van der Waals surface area (Å²) >= 11 is 0. The van der Waals surface area contributed by atoms with Crippen LogP contribution in [-0.2, 0) is 9.59 Å². The van der Waals surface area contributed by atoms with Crippen LogP contribution in [0.3, 0.4) is 0 Å². The number of hydrogen-bond acceptors (Lipinski definition) is 5. The van der Waals surface area contributed by atoms with Gasteiger partial charge in [0.15, 0.2) is 0 Å². The number of methoxy groups -OCH3 is 1. The Labute approximate surface area is 156 Å². The maximum Gasteiger partial charge on any atom is 0.268 e. The normalized spacial score (nSPS) is 10.8. The Morgan fingerprint density at radius 3 is 2.22 bits per heavy atom. The average molecular weight is 367 g/mol. The first-order chi connectivity index (χ1) is 12.9. The van der Waals surface area contributed by atoms with Crippen molar-refractivity contribution in [2.24, 2.45) is 0 Å². The number of benzene rings is 2. The number of carboxylic acids is 1. The van der Waals surface area contributed by atoms with Gasteiger partial charge in [0.05, 0.1) is 19.6 Å². The van der Waals surface area contributed by atoms with Crippen molar-refractivity contribution in [1.29, 1.82) is 0 Å². The van der Waals surface area contributed by atoms with Crippen LogP contribution in [-0.4, -0.2) is 31.4 Å². The lowest BCUT2D eigenvalue weighted by atomic mass is 10.1. The molecule has 0 bridgehead atoms. The van der Waals surface area contributed by atoms with E-state index in [0.29, 0.717) is 16.9 Å². The number of hydrogen-bond donors (Lipinski definition) is 2. The molecule has 0 heterocycles. The highest BCUT2D eigenvalue weighted by Crippen LogP contribution is 2.14. The van der Waals surface area contributed by atoms with Crippen LogP contribution in [0.15, 0.2) is 54.2 Å². The molecule has 0 aromatic heterocycles. The molecule has 0 spiro atoms. The van der Waals surface area contributed by atoms with E-state index in [-0.39, 0.29) is 5.70 Å². The summed E-state index contributed by atoms with van der Waals surface area (Å²) in [6.45, 7) is 1.23. The molecule has 7 heteroatoms. The second kappa shape index (κ2) is 9.19. The number of carbonyl (C=O) groups is 3. The number of aliphatic carboxylic acids is 1. The molecule has 2 aromatic rings. The maximum absolute atomic E-state index is 12.4. The van der Waals surface area contributed by atoms with E-state index >= 15 is 0 Å². The Morgan fingerprint density at radius 2 is 1.67 bits per heavy atom. The molecule has 2 aromatic carbocycles. The molecule has 0 atom stereocenters. The molecule has 0 aliphatic carbocycles. The molecule has 0 unspecified atom stereocenters. The summed E-state index contributed by atoms with van der Waals surface area (Å²) in [5.74, 6) is -2.02. The summed E-state index contributed by atoms with van der Waals surface area (Å²) in [6.07, 6.45) is 1.44. The van der Waals surface area contributed by atoms with Gasteiger partial charge >= 0.3 is 0 Å². The highest BCUT2D eigenvalue weighted by atomic mass is 16.5. The topological polar surface area (TPSA) is 108 Å². The van der Waals surface area contributed by atoms with E-state index < -0.39 is 24.3 Å². The molecule has 140 valence electrons. The zero-order chi connectivity index (χ0) is 19.8. The molecular weight excluding hydrogens is 348 g/mol. The van der Waals surface area contributed by atoms with Crippen molar-refractivity contribution in [2.45, 2.75) is 6.92 Å². The lowest BCUT2D eigenvalue weighted by molar-refractivity contribution is -0.303. The molecule has 0 saturated carbocycles. The number of carbonyl (C=O) groups excluding carboxylic acids is 3. The first-order valence-electron chi connectivity index (χ1n) is 8.11. The first-order valence-corrected chi connectivity index (χ1v) is 8.11. The van der Waals surface area contributed by atoms with Crippen LogP contribution in [0.4, 0.5) is 0 Å². The lowest BCUT2D eigenvalue weighted by Gasteiger charge is -2.12. The van der Waals surface area contributed by atoms with Gasteiger partial charge in [0.2, 0.25) is 0 Å². The number of carboxylic acid groups (broad SMARTS) is 1. The van der Waals surface area contributed by atoms with Gasteiger partial charge in [0, 0.05) is 5.56 Å². The molecule has 0 saturated heterocycles. The number of aryl methyl sites for hydroxylation is 1. The van der Waals surface area contributed by atoms with Gasteiger partial charge in [-0.25, -0.2) is 0 Å². The van der Waals surface area contributed by atoms with Gasteiger partial charge in [-0.05, 0) is 42.8 Å². The van der Waals surface area contributed by atoms with E-state index in [2.05, 4.69) is 10.6 Å². The average Bonchev–Trinajstić information content (AvgIpc) is 2.66. The zero-order valence-electron chi connectivity index (χ0n) is 14.9. The predicted molar refractivity (Wildman–Crippen MR) is 97.6 cm³/mol. The van der Waals surface area contributed by atoms with Crippen molar-refractivity contribution in [2.75, 3.05) is 13.7 Å². The third kappa shape index (κ3) is 6.00. The number of ether oxygens (including phenoxy) is 1. The Hall–Kier alpha value is -3.61. The Bertz CT molecular complexity index is 855. The monoisotopic (exact) mass is 367 g/mol. The highest BCUT2D eigenvalue weighted by molar-refractivity contribution is 6.05. The summed E-state index contributed by atoms with van der Waals surface area (Å²) < 4.78 is 5.08. The first kappa shape index (κ1) is 19.7. The van der Waals surface area contributed by atoms with Crippen LogP contribution in [0.1, 0.15) is 21.5 Å². The fraction of sp³-hybridized carbons (Fsp3) is 0.150. The Morgan fingerprint density at radius 1 is 1.04 bits per heavy atom. The number of amides is 2. The second-order valence-corrected chi connectivity index (χ2v) is 5.71. The van der Waals surface area contributed by atoms with E-state index in [1.165, 1.54) is 13.2 Å². The quantitative estimate of drug-likeness (QED) is 0.699. The van der Waals surface area contributed by atoms with Gasteiger partial charge in [0.25, 0.3) is 11.8 Å². The van der Waals surface area contributed by atoms with E-state index in [1.807, 2.05) is 6.92 Å². The van der Waals surface area contributed by atoms with Crippen LogP contribution < -0.4 is 20.5 Å². The van der Waals surface area contributed by atoms with Gasteiger partial charge in [-0.2, -0.15) is 0 Å². The van der Waals surface area contributed by atoms with Crippen molar-refractivity contribution >= 4 is 23.9 Å².